The van der Waals surface area contributed by atoms with Gasteiger partial charge in [-0.1, -0.05) is 55.3 Å². The number of thiophene rings is 1. The van der Waals surface area contributed by atoms with Crippen molar-refractivity contribution in [2.45, 2.75) is 58.9 Å². The number of benzene rings is 3. The van der Waals surface area contributed by atoms with Gasteiger partial charge in [-0.3, -0.25) is 4.79 Å². The number of carbonyl (C=O) groups is 1. The number of carbonyl (C=O) groups excluding carboxylic acids is 1. The molecule has 4 nitrogen and oxygen atoms in total. The molecule has 1 aliphatic carbocycles. The molecule has 0 aliphatic heterocycles. The summed E-state index contributed by atoms with van der Waals surface area (Å²) in [4.78, 5) is 20.1. The molecule has 0 atom stereocenters. The first kappa shape index (κ1) is 27.2. The van der Waals surface area contributed by atoms with Crippen LogP contribution in [0.1, 0.15) is 68.9 Å². The Morgan fingerprint density at radius 1 is 0.976 bits per heavy atom. The van der Waals surface area contributed by atoms with Gasteiger partial charge in [0.2, 0.25) is 0 Å². The normalized spacial score (nSPS) is 13.7. The third-order valence-corrected chi connectivity index (χ3v) is 9.20. The fraction of sp³-hybridized carbons (Fsp3) is 0.257. The Morgan fingerprint density at radius 2 is 1.76 bits per heavy atom. The molecule has 6 rings (SSSR count). The van der Waals surface area contributed by atoms with Gasteiger partial charge < -0.3 is 9.88 Å². The number of aliphatic imine (C=N–C) groups is 1. The van der Waals surface area contributed by atoms with Gasteiger partial charge in [-0.25, -0.2) is 9.38 Å². The van der Waals surface area contributed by atoms with E-state index in [-0.39, 0.29) is 11.7 Å². The van der Waals surface area contributed by atoms with E-state index in [4.69, 9.17) is 4.99 Å². The Hall–Kier alpha value is -4.03. The summed E-state index contributed by atoms with van der Waals surface area (Å²) in [6, 6.07) is 22.9. The van der Waals surface area contributed by atoms with Crippen molar-refractivity contribution in [1.82, 2.24) is 4.57 Å². The Balaban J connectivity index is 1.40. The van der Waals surface area contributed by atoms with Gasteiger partial charge >= 0.3 is 0 Å². The lowest BCUT2D eigenvalue weighted by Crippen LogP contribution is -2.14. The summed E-state index contributed by atoms with van der Waals surface area (Å²) in [5.41, 5.74) is 8.05. The maximum Gasteiger partial charge on any atom is 0.259 e. The molecule has 0 saturated carbocycles. The minimum atomic E-state index is -0.233. The molecule has 208 valence electrons. The number of rotatable bonds is 6. The lowest BCUT2D eigenvalue weighted by atomic mass is 9.96. The summed E-state index contributed by atoms with van der Waals surface area (Å²) in [6.07, 6.45) is 8.50. The molecule has 3 aromatic carbocycles. The molecule has 0 spiro atoms. The summed E-state index contributed by atoms with van der Waals surface area (Å²) in [6.45, 7) is 4.77. The SMILES string of the molecule is Cc1cccc(NC(=O)c2c(N=Cc3c(C)n(Cc4ccc(F)cc4)c4ccccc34)sc3c2CCCCCC3)c1. The van der Waals surface area contributed by atoms with Gasteiger partial charge in [-0.2, -0.15) is 0 Å². The molecule has 41 heavy (non-hydrogen) atoms. The molecule has 2 heterocycles. The third-order valence-electron chi connectivity index (χ3n) is 8.00. The van der Waals surface area contributed by atoms with Crippen LogP contribution in [0.2, 0.25) is 0 Å². The first-order chi connectivity index (χ1) is 20.0. The molecule has 0 saturated heterocycles. The second-order valence-corrected chi connectivity index (χ2v) is 12.0. The molecule has 1 amide bonds. The van der Waals surface area contributed by atoms with Crippen LogP contribution in [0.5, 0.6) is 0 Å². The highest BCUT2D eigenvalue weighted by molar-refractivity contribution is 7.16. The molecule has 6 heteroatoms. The van der Waals surface area contributed by atoms with Crippen LogP contribution in [0.15, 0.2) is 77.8 Å². The van der Waals surface area contributed by atoms with Crippen molar-refractivity contribution in [3.8, 4) is 0 Å². The van der Waals surface area contributed by atoms with Crippen LogP contribution >= 0.6 is 11.3 Å². The minimum absolute atomic E-state index is 0.0868. The highest BCUT2D eigenvalue weighted by Gasteiger charge is 2.24. The van der Waals surface area contributed by atoms with E-state index in [9.17, 15) is 9.18 Å². The topological polar surface area (TPSA) is 46.4 Å². The zero-order chi connectivity index (χ0) is 28.3. The van der Waals surface area contributed by atoms with Crippen molar-refractivity contribution in [2.75, 3.05) is 5.32 Å². The Labute approximate surface area is 244 Å². The maximum atomic E-state index is 13.8. The van der Waals surface area contributed by atoms with Crippen molar-refractivity contribution in [2.24, 2.45) is 4.99 Å². The predicted molar refractivity (Wildman–Crippen MR) is 169 cm³/mol. The van der Waals surface area contributed by atoms with Gasteiger partial charge in [0.1, 0.15) is 10.8 Å². The van der Waals surface area contributed by atoms with Crippen LogP contribution in [0.4, 0.5) is 15.1 Å². The number of anilines is 1. The molecule has 2 aromatic heterocycles. The monoisotopic (exact) mass is 563 g/mol. The average molecular weight is 564 g/mol. The Morgan fingerprint density at radius 3 is 2.56 bits per heavy atom. The molecule has 0 unspecified atom stereocenters. The van der Waals surface area contributed by atoms with E-state index in [1.54, 1.807) is 11.3 Å². The zero-order valence-electron chi connectivity index (χ0n) is 23.5. The average Bonchev–Trinajstić information content (AvgIpc) is 3.42. The standard InChI is InChI=1S/C35H34FN3OS/c1-23-10-9-11-27(20-23)38-34(40)33-29-13-5-3-4-6-15-32(29)41-35(33)37-21-30-24(2)39(31-14-8-7-12-28(30)31)22-25-16-18-26(36)19-17-25/h7-12,14,16-21H,3-6,13,15,22H2,1-2H3,(H,38,40). The number of halogens is 1. The summed E-state index contributed by atoms with van der Waals surface area (Å²) >= 11 is 1.67. The lowest BCUT2D eigenvalue weighted by molar-refractivity contribution is 0.102. The lowest BCUT2D eigenvalue weighted by Gasteiger charge is -2.12. The van der Waals surface area contributed by atoms with E-state index in [1.807, 2.05) is 61.7 Å². The number of hydrogen-bond acceptors (Lipinski definition) is 3. The predicted octanol–water partition coefficient (Wildman–Crippen LogP) is 9.17. The van der Waals surface area contributed by atoms with Crippen LogP contribution in [0.3, 0.4) is 0 Å². The molecule has 0 fully saturated rings. The van der Waals surface area contributed by atoms with Crippen molar-refractivity contribution >= 4 is 45.0 Å². The number of amides is 1. The summed E-state index contributed by atoms with van der Waals surface area (Å²) in [5.74, 6) is -0.320. The molecule has 1 aliphatic rings. The Kier molecular flexibility index (Phi) is 7.84. The summed E-state index contributed by atoms with van der Waals surface area (Å²) in [5, 5.41) is 5.03. The smallest absolute Gasteiger partial charge is 0.259 e. The van der Waals surface area contributed by atoms with E-state index < -0.39 is 0 Å². The third kappa shape index (κ3) is 5.75. The van der Waals surface area contributed by atoms with Crippen molar-refractivity contribution in [3.63, 3.8) is 0 Å². The fourth-order valence-electron chi connectivity index (χ4n) is 5.87. The first-order valence-corrected chi connectivity index (χ1v) is 15.2. The highest BCUT2D eigenvalue weighted by Crippen LogP contribution is 2.40. The van der Waals surface area contributed by atoms with Crippen molar-refractivity contribution < 1.29 is 9.18 Å². The quantitative estimate of drug-likeness (QED) is 0.206. The highest BCUT2D eigenvalue weighted by atomic mass is 32.1. The van der Waals surface area contributed by atoms with E-state index in [0.29, 0.717) is 6.54 Å². The zero-order valence-corrected chi connectivity index (χ0v) is 24.4. The van der Waals surface area contributed by atoms with Gasteiger partial charge in [0.25, 0.3) is 5.91 Å². The molecule has 5 aromatic rings. The van der Waals surface area contributed by atoms with Crippen molar-refractivity contribution in [3.05, 3.63) is 117 Å². The number of para-hydroxylation sites is 1. The number of aromatic nitrogens is 1. The van der Waals surface area contributed by atoms with Crippen molar-refractivity contribution in [1.29, 1.82) is 0 Å². The molecule has 0 bridgehead atoms. The number of nitrogens with zero attached hydrogens (tertiary/aromatic N) is 2. The van der Waals surface area contributed by atoms with Gasteiger partial charge in [0, 0.05) is 45.5 Å². The number of aryl methyl sites for hydroxylation is 2. The second-order valence-electron chi connectivity index (χ2n) is 10.9. The Bertz CT molecular complexity index is 1750. The van der Waals surface area contributed by atoms with E-state index >= 15 is 0 Å². The summed E-state index contributed by atoms with van der Waals surface area (Å²) in [7, 11) is 0. The van der Waals surface area contributed by atoms with Gasteiger partial charge in [0.15, 0.2) is 0 Å². The summed E-state index contributed by atoms with van der Waals surface area (Å²) < 4.78 is 15.8. The molecule has 0 radical (unpaired) electrons. The first-order valence-electron chi connectivity index (χ1n) is 14.4. The molecule has 1 N–H and O–H groups in total. The van der Waals surface area contributed by atoms with E-state index in [0.717, 1.165) is 75.2 Å². The van der Waals surface area contributed by atoms with Gasteiger partial charge in [0.05, 0.1) is 5.56 Å². The number of fused-ring (bicyclic) bond motifs is 2. The van der Waals surface area contributed by atoms with Crippen LogP contribution < -0.4 is 5.32 Å². The van der Waals surface area contributed by atoms with Crippen LogP contribution in [-0.2, 0) is 19.4 Å². The number of hydrogen-bond donors (Lipinski definition) is 1. The molecular weight excluding hydrogens is 529 g/mol. The maximum absolute atomic E-state index is 13.8. The minimum Gasteiger partial charge on any atom is -0.340 e. The van der Waals surface area contributed by atoms with Crippen LogP contribution in [0, 0.1) is 19.7 Å². The van der Waals surface area contributed by atoms with E-state index in [2.05, 4.69) is 28.9 Å². The second kappa shape index (κ2) is 11.8. The fourth-order valence-corrected chi connectivity index (χ4v) is 7.10. The van der Waals surface area contributed by atoms with Gasteiger partial charge in [-0.15, -0.1) is 11.3 Å². The van der Waals surface area contributed by atoms with E-state index in [1.165, 1.54) is 35.4 Å². The van der Waals surface area contributed by atoms with Crippen LogP contribution in [0.25, 0.3) is 10.9 Å². The largest absolute Gasteiger partial charge is 0.340 e. The van der Waals surface area contributed by atoms with Crippen LogP contribution in [-0.4, -0.2) is 16.7 Å². The molecular formula is C35H34FN3OS. The number of nitrogens with one attached hydrogen (secondary N) is 1. The van der Waals surface area contributed by atoms with Gasteiger partial charge in [-0.05, 0) is 86.6 Å².